The summed E-state index contributed by atoms with van der Waals surface area (Å²) in [5.74, 6) is 0.803. The molecule has 1 aromatic carbocycles. The molecule has 1 saturated heterocycles. The fraction of sp³-hybridized carbons (Fsp3) is 0.500. The van der Waals surface area contributed by atoms with E-state index < -0.39 is 0 Å². The van der Waals surface area contributed by atoms with Gasteiger partial charge in [0.1, 0.15) is 0 Å². The maximum Gasteiger partial charge on any atom is 0.0533 e. The van der Waals surface area contributed by atoms with Crippen molar-refractivity contribution in [3.63, 3.8) is 0 Å². The summed E-state index contributed by atoms with van der Waals surface area (Å²) in [6.45, 7) is 5.30. The van der Waals surface area contributed by atoms with Crippen molar-refractivity contribution in [2.24, 2.45) is 5.92 Å². The highest BCUT2D eigenvalue weighted by molar-refractivity contribution is 6.07. The first kappa shape index (κ1) is 14.3. The van der Waals surface area contributed by atoms with Crippen LogP contribution in [0.3, 0.4) is 0 Å². The summed E-state index contributed by atoms with van der Waals surface area (Å²) in [4.78, 5) is 0. The van der Waals surface area contributed by atoms with Crippen molar-refractivity contribution in [1.82, 2.24) is 10.6 Å². The lowest BCUT2D eigenvalue weighted by atomic mass is 9.92. The second-order valence-corrected chi connectivity index (χ2v) is 6.21. The highest BCUT2D eigenvalue weighted by Crippen LogP contribution is 2.36. The molecule has 2 fully saturated rings. The van der Waals surface area contributed by atoms with Gasteiger partial charge in [0.05, 0.1) is 5.71 Å². The fourth-order valence-electron chi connectivity index (χ4n) is 3.18. The zero-order valence-electron chi connectivity index (χ0n) is 12.9. The Kier molecular flexibility index (Phi) is 4.11. The molecule has 2 aliphatic rings. The third-order valence-electron chi connectivity index (χ3n) is 4.72. The minimum atomic E-state index is 0.149. The van der Waals surface area contributed by atoms with E-state index in [1.165, 1.54) is 29.7 Å². The summed E-state index contributed by atoms with van der Waals surface area (Å²) in [6.07, 6.45) is 3.44. The molecular weight excluding hydrogens is 258 g/mol. The van der Waals surface area contributed by atoms with Gasteiger partial charge in [-0.15, -0.1) is 0 Å². The van der Waals surface area contributed by atoms with Crippen molar-refractivity contribution in [3.05, 3.63) is 41.5 Å². The molecule has 0 radical (unpaired) electrons. The van der Waals surface area contributed by atoms with Crippen molar-refractivity contribution in [2.45, 2.75) is 45.2 Å². The number of piperidine rings is 1. The number of nitrogens with one attached hydrogen (secondary N) is 3. The summed E-state index contributed by atoms with van der Waals surface area (Å²) in [5, 5.41) is 15.5. The van der Waals surface area contributed by atoms with E-state index in [4.69, 9.17) is 5.41 Å². The van der Waals surface area contributed by atoms with E-state index in [1.807, 2.05) is 6.07 Å². The fourth-order valence-corrected chi connectivity index (χ4v) is 3.18. The van der Waals surface area contributed by atoms with Gasteiger partial charge in [-0.2, -0.15) is 0 Å². The number of hydrogen-bond donors (Lipinski definition) is 3. The standard InChI is InChI=1S/C18H25N3/c1-3-13-11-16(13)21-18(14-7-5-4-6-8-14)15-9-10-20-12(2)17(15)19/h4-8,12-13,16,19-21H,3,9-11H2,1-2H3/b18-15-,19-17?. The average Bonchev–Trinajstić information content (AvgIpc) is 3.27. The smallest absolute Gasteiger partial charge is 0.0533 e. The molecule has 1 saturated carbocycles. The van der Waals surface area contributed by atoms with Crippen LogP contribution in [0.1, 0.15) is 38.7 Å². The maximum absolute atomic E-state index is 8.43. The third kappa shape index (κ3) is 3.03. The maximum atomic E-state index is 8.43. The van der Waals surface area contributed by atoms with Gasteiger partial charge in [0.15, 0.2) is 0 Å². The van der Waals surface area contributed by atoms with Gasteiger partial charge < -0.3 is 16.0 Å². The van der Waals surface area contributed by atoms with E-state index in [1.54, 1.807) is 0 Å². The van der Waals surface area contributed by atoms with E-state index in [0.717, 1.165) is 24.6 Å². The Morgan fingerprint density at radius 2 is 2.10 bits per heavy atom. The van der Waals surface area contributed by atoms with Crippen LogP contribution in [0, 0.1) is 11.3 Å². The molecule has 0 spiro atoms. The Bertz CT molecular complexity index is 547. The minimum absolute atomic E-state index is 0.149. The molecule has 1 aliphatic heterocycles. The zero-order valence-corrected chi connectivity index (χ0v) is 12.9. The van der Waals surface area contributed by atoms with Crippen LogP contribution in [0.2, 0.25) is 0 Å². The molecule has 3 N–H and O–H groups in total. The van der Waals surface area contributed by atoms with Crippen LogP contribution in [-0.4, -0.2) is 24.3 Å². The summed E-state index contributed by atoms with van der Waals surface area (Å²) in [5.41, 5.74) is 4.33. The largest absolute Gasteiger partial charge is 0.381 e. The second kappa shape index (κ2) is 6.02. The van der Waals surface area contributed by atoms with Crippen LogP contribution in [0.25, 0.3) is 5.70 Å². The molecule has 112 valence electrons. The van der Waals surface area contributed by atoms with Gasteiger partial charge in [0.25, 0.3) is 0 Å². The Balaban J connectivity index is 1.93. The Morgan fingerprint density at radius 1 is 1.33 bits per heavy atom. The lowest BCUT2D eigenvalue weighted by molar-refractivity contribution is 0.623. The van der Waals surface area contributed by atoms with Crippen LogP contribution in [0.15, 0.2) is 35.9 Å². The normalized spacial score (nSPS) is 31.0. The van der Waals surface area contributed by atoms with Gasteiger partial charge in [-0.1, -0.05) is 43.7 Å². The molecule has 0 aromatic heterocycles. The van der Waals surface area contributed by atoms with Crippen LogP contribution in [0.4, 0.5) is 0 Å². The van der Waals surface area contributed by atoms with E-state index in [0.29, 0.717) is 6.04 Å². The Hall–Kier alpha value is -1.61. The van der Waals surface area contributed by atoms with Crippen LogP contribution in [-0.2, 0) is 0 Å². The van der Waals surface area contributed by atoms with Gasteiger partial charge in [0.2, 0.25) is 0 Å². The Labute approximate surface area is 127 Å². The SMILES string of the molecule is CCC1CC1N/C(=C1/CCNC(C)C1=N)c1ccccc1. The van der Waals surface area contributed by atoms with Crippen LogP contribution >= 0.6 is 0 Å². The van der Waals surface area contributed by atoms with Crippen molar-refractivity contribution < 1.29 is 0 Å². The van der Waals surface area contributed by atoms with Crippen molar-refractivity contribution in [1.29, 1.82) is 5.41 Å². The first-order chi connectivity index (χ1) is 10.2. The van der Waals surface area contributed by atoms with Crippen molar-refractivity contribution in [3.8, 4) is 0 Å². The third-order valence-corrected chi connectivity index (χ3v) is 4.72. The molecule has 1 heterocycles. The molecule has 0 bridgehead atoms. The summed E-state index contributed by atoms with van der Waals surface area (Å²) >= 11 is 0. The monoisotopic (exact) mass is 283 g/mol. The highest BCUT2D eigenvalue weighted by Gasteiger charge is 2.36. The highest BCUT2D eigenvalue weighted by atomic mass is 15.0. The number of benzene rings is 1. The molecule has 21 heavy (non-hydrogen) atoms. The Morgan fingerprint density at radius 3 is 2.76 bits per heavy atom. The minimum Gasteiger partial charge on any atom is -0.381 e. The molecule has 3 unspecified atom stereocenters. The first-order valence-electron chi connectivity index (χ1n) is 8.08. The molecule has 3 nitrogen and oxygen atoms in total. The van der Waals surface area contributed by atoms with Gasteiger partial charge in [0, 0.05) is 17.8 Å². The molecule has 3 atom stereocenters. The summed E-state index contributed by atoms with van der Waals surface area (Å²) < 4.78 is 0. The van der Waals surface area contributed by atoms with Gasteiger partial charge in [-0.05, 0) is 43.4 Å². The van der Waals surface area contributed by atoms with Crippen LogP contribution < -0.4 is 10.6 Å². The van der Waals surface area contributed by atoms with Gasteiger partial charge >= 0.3 is 0 Å². The van der Waals surface area contributed by atoms with Crippen LogP contribution in [0.5, 0.6) is 0 Å². The van der Waals surface area contributed by atoms with Gasteiger partial charge in [-0.25, -0.2) is 0 Å². The predicted octanol–water partition coefficient (Wildman–Crippen LogP) is 3.19. The molecule has 3 heteroatoms. The van der Waals surface area contributed by atoms with E-state index in [2.05, 4.69) is 48.7 Å². The van der Waals surface area contributed by atoms with Crippen molar-refractivity contribution >= 4 is 11.4 Å². The lowest BCUT2D eigenvalue weighted by Gasteiger charge is -2.27. The van der Waals surface area contributed by atoms with Crippen molar-refractivity contribution in [2.75, 3.05) is 6.54 Å². The van der Waals surface area contributed by atoms with Gasteiger partial charge in [-0.3, -0.25) is 0 Å². The van der Waals surface area contributed by atoms with E-state index >= 15 is 0 Å². The summed E-state index contributed by atoms with van der Waals surface area (Å²) in [7, 11) is 0. The quantitative estimate of drug-likeness (QED) is 0.795. The number of hydrogen-bond acceptors (Lipinski definition) is 3. The average molecular weight is 283 g/mol. The molecule has 1 aliphatic carbocycles. The molecular formula is C18H25N3. The first-order valence-corrected chi connectivity index (χ1v) is 8.08. The predicted molar refractivity (Wildman–Crippen MR) is 88.5 cm³/mol. The topological polar surface area (TPSA) is 47.9 Å². The number of rotatable bonds is 4. The molecule has 3 rings (SSSR count). The summed E-state index contributed by atoms with van der Waals surface area (Å²) in [6, 6.07) is 11.3. The molecule has 0 amide bonds. The lowest BCUT2D eigenvalue weighted by Crippen LogP contribution is -2.41. The van der Waals surface area contributed by atoms with E-state index in [-0.39, 0.29) is 6.04 Å². The van der Waals surface area contributed by atoms with E-state index in [9.17, 15) is 0 Å². The zero-order chi connectivity index (χ0) is 14.8. The molecule has 1 aromatic rings. The second-order valence-electron chi connectivity index (χ2n) is 6.21.